The summed E-state index contributed by atoms with van der Waals surface area (Å²) in [5, 5.41) is 0. The van der Waals surface area contributed by atoms with Crippen LogP contribution < -0.4 is 0 Å². The summed E-state index contributed by atoms with van der Waals surface area (Å²) in [5.74, 6) is 0.281. The first-order valence-corrected chi connectivity index (χ1v) is 4.60. The first kappa shape index (κ1) is 10.0. The van der Waals surface area contributed by atoms with Gasteiger partial charge in [0, 0.05) is 6.92 Å². The van der Waals surface area contributed by atoms with Gasteiger partial charge in [-0.1, -0.05) is 12.2 Å². The van der Waals surface area contributed by atoms with Crippen molar-refractivity contribution in [2.45, 2.75) is 33.1 Å². The molecule has 0 aromatic carbocycles. The Labute approximate surface area is 79.3 Å². The van der Waals surface area contributed by atoms with Crippen LogP contribution in [0.1, 0.15) is 33.1 Å². The van der Waals surface area contributed by atoms with Crippen LogP contribution in [0.4, 0.5) is 0 Å². The molecule has 1 aliphatic carbocycles. The van der Waals surface area contributed by atoms with Crippen molar-refractivity contribution in [3.05, 3.63) is 24.0 Å². The highest BCUT2D eigenvalue weighted by molar-refractivity contribution is 5.66. The molecular weight excluding hydrogens is 164 g/mol. The minimum atomic E-state index is -0.254. The lowest BCUT2D eigenvalue weighted by Gasteiger charge is -2.08. The molecule has 0 N–H and O–H groups in total. The molecule has 0 amide bonds. The largest absolute Gasteiger partial charge is 0.435 e. The third kappa shape index (κ3) is 3.05. The predicted octanol–water partition coefficient (Wildman–Crippen LogP) is 2.81. The van der Waals surface area contributed by atoms with Crippen LogP contribution in [-0.2, 0) is 9.53 Å². The number of hydrogen-bond acceptors (Lipinski definition) is 2. The van der Waals surface area contributed by atoms with Gasteiger partial charge in [0.15, 0.2) is 0 Å². The van der Waals surface area contributed by atoms with Crippen molar-refractivity contribution >= 4 is 5.97 Å². The predicted molar refractivity (Wildman–Crippen MR) is 52.0 cm³/mol. The van der Waals surface area contributed by atoms with Crippen LogP contribution in [0.15, 0.2) is 24.0 Å². The Morgan fingerprint density at radius 1 is 1.62 bits per heavy atom. The summed E-state index contributed by atoms with van der Waals surface area (Å²) in [4.78, 5) is 10.5. The maximum atomic E-state index is 10.5. The molecule has 0 aliphatic heterocycles. The Balaban J connectivity index is 2.47. The van der Waals surface area contributed by atoms with Crippen LogP contribution in [-0.4, -0.2) is 5.97 Å². The topological polar surface area (TPSA) is 26.3 Å². The molecule has 0 radical (unpaired) electrons. The highest BCUT2D eigenvalue weighted by Crippen LogP contribution is 2.33. The molecular formula is C11H16O2. The Kier molecular flexibility index (Phi) is 3.29. The summed E-state index contributed by atoms with van der Waals surface area (Å²) in [5.41, 5.74) is 2.45. The maximum absolute atomic E-state index is 10.5. The van der Waals surface area contributed by atoms with Crippen molar-refractivity contribution in [3.63, 3.8) is 0 Å². The third-order valence-corrected chi connectivity index (χ3v) is 2.44. The lowest BCUT2D eigenvalue weighted by Crippen LogP contribution is -1.98. The summed E-state index contributed by atoms with van der Waals surface area (Å²) in [6.45, 7) is 7.37. The van der Waals surface area contributed by atoms with Gasteiger partial charge in [0.25, 0.3) is 0 Å². The molecule has 0 heterocycles. The molecule has 13 heavy (non-hydrogen) atoms. The first-order chi connectivity index (χ1) is 6.09. The quantitative estimate of drug-likeness (QED) is 0.371. The Morgan fingerprint density at radius 2 is 2.31 bits per heavy atom. The van der Waals surface area contributed by atoms with Gasteiger partial charge in [-0.25, -0.2) is 0 Å². The van der Waals surface area contributed by atoms with E-state index in [1.54, 1.807) is 6.26 Å². The lowest BCUT2D eigenvalue weighted by molar-refractivity contribution is -0.135. The molecule has 1 aliphatic rings. The molecule has 1 atom stereocenters. The molecule has 0 spiro atoms. The fourth-order valence-electron chi connectivity index (χ4n) is 1.59. The summed E-state index contributed by atoms with van der Waals surface area (Å²) in [7, 11) is 0. The molecule has 72 valence electrons. The van der Waals surface area contributed by atoms with Crippen molar-refractivity contribution in [1.82, 2.24) is 0 Å². The van der Waals surface area contributed by atoms with Crippen LogP contribution in [0.2, 0.25) is 0 Å². The van der Waals surface area contributed by atoms with E-state index in [0.29, 0.717) is 5.92 Å². The van der Waals surface area contributed by atoms with E-state index in [-0.39, 0.29) is 5.97 Å². The van der Waals surface area contributed by atoms with E-state index in [1.807, 2.05) is 6.92 Å². The van der Waals surface area contributed by atoms with Crippen LogP contribution in [0, 0.1) is 5.92 Å². The van der Waals surface area contributed by atoms with Gasteiger partial charge in [0.1, 0.15) is 0 Å². The summed E-state index contributed by atoms with van der Waals surface area (Å²) >= 11 is 0. The second kappa shape index (κ2) is 4.26. The van der Waals surface area contributed by atoms with Crippen molar-refractivity contribution in [3.8, 4) is 0 Å². The van der Waals surface area contributed by atoms with Crippen molar-refractivity contribution < 1.29 is 9.53 Å². The van der Waals surface area contributed by atoms with E-state index >= 15 is 0 Å². The van der Waals surface area contributed by atoms with Gasteiger partial charge in [-0.15, -0.1) is 0 Å². The molecule has 0 aromatic rings. The Hall–Kier alpha value is -1.05. The van der Waals surface area contributed by atoms with Crippen LogP contribution in [0.25, 0.3) is 0 Å². The molecule has 1 saturated carbocycles. The van der Waals surface area contributed by atoms with Gasteiger partial charge >= 0.3 is 5.97 Å². The molecule has 1 rings (SSSR count). The zero-order valence-electron chi connectivity index (χ0n) is 8.30. The SMILES string of the molecule is C=C1CC[C@H](/C(C)=C\OC(C)=O)C1. The molecule has 0 unspecified atom stereocenters. The fourth-order valence-corrected chi connectivity index (χ4v) is 1.59. The van der Waals surface area contributed by atoms with Crippen LogP contribution >= 0.6 is 0 Å². The van der Waals surface area contributed by atoms with Crippen LogP contribution in [0.5, 0.6) is 0 Å². The van der Waals surface area contributed by atoms with Gasteiger partial charge < -0.3 is 4.74 Å². The molecule has 2 heteroatoms. The van der Waals surface area contributed by atoms with E-state index in [2.05, 4.69) is 6.58 Å². The Bertz CT molecular complexity index is 251. The van der Waals surface area contributed by atoms with Crippen LogP contribution in [0.3, 0.4) is 0 Å². The first-order valence-electron chi connectivity index (χ1n) is 4.60. The number of rotatable bonds is 2. The fraction of sp³-hybridized carbons (Fsp3) is 0.545. The molecule has 0 bridgehead atoms. The minimum absolute atomic E-state index is 0.254. The van der Waals surface area contributed by atoms with Crippen molar-refractivity contribution in [1.29, 1.82) is 0 Å². The Morgan fingerprint density at radius 3 is 2.77 bits per heavy atom. The average molecular weight is 180 g/mol. The van der Waals surface area contributed by atoms with Crippen molar-refractivity contribution in [2.24, 2.45) is 5.92 Å². The number of allylic oxidation sites excluding steroid dienone is 2. The highest BCUT2D eigenvalue weighted by atomic mass is 16.5. The average Bonchev–Trinajstić information content (AvgIpc) is 2.47. The number of esters is 1. The van der Waals surface area contributed by atoms with E-state index in [0.717, 1.165) is 24.8 Å². The molecule has 2 nitrogen and oxygen atoms in total. The van der Waals surface area contributed by atoms with Gasteiger partial charge in [-0.3, -0.25) is 4.79 Å². The molecule has 1 fully saturated rings. The highest BCUT2D eigenvalue weighted by Gasteiger charge is 2.19. The smallest absolute Gasteiger partial charge is 0.307 e. The van der Waals surface area contributed by atoms with E-state index in [9.17, 15) is 4.79 Å². The second-order valence-corrected chi connectivity index (χ2v) is 3.66. The zero-order valence-corrected chi connectivity index (χ0v) is 8.30. The van der Waals surface area contributed by atoms with Gasteiger partial charge in [-0.2, -0.15) is 0 Å². The zero-order chi connectivity index (χ0) is 9.84. The normalized spacial score (nSPS) is 23.4. The molecule has 0 saturated heterocycles. The molecule has 0 aromatic heterocycles. The van der Waals surface area contributed by atoms with E-state index < -0.39 is 0 Å². The number of hydrogen-bond donors (Lipinski definition) is 0. The number of ether oxygens (including phenoxy) is 1. The lowest BCUT2D eigenvalue weighted by atomic mass is 10.0. The standard InChI is InChI=1S/C11H16O2/c1-8-4-5-11(6-8)9(2)7-13-10(3)12/h7,11H,1,4-6H2,2-3H3/b9-7-/t11-/m0/s1. The van der Waals surface area contributed by atoms with Gasteiger partial charge in [0.2, 0.25) is 0 Å². The summed E-state index contributed by atoms with van der Waals surface area (Å²) in [6.07, 6.45) is 4.87. The minimum Gasteiger partial charge on any atom is -0.435 e. The third-order valence-electron chi connectivity index (χ3n) is 2.44. The summed E-state index contributed by atoms with van der Waals surface area (Å²) in [6, 6.07) is 0. The number of carbonyl (C=O) groups excluding carboxylic acids is 1. The van der Waals surface area contributed by atoms with Crippen molar-refractivity contribution in [2.75, 3.05) is 0 Å². The monoisotopic (exact) mass is 180 g/mol. The van der Waals surface area contributed by atoms with Gasteiger partial charge in [-0.05, 0) is 37.7 Å². The maximum Gasteiger partial charge on any atom is 0.307 e. The van der Waals surface area contributed by atoms with Gasteiger partial charge in [0.05, 0.1) is 6.26 Å². The summed E-state index contributed by atoms with van der Waals surface area (Å²) < 4.78 is 4.82. The second-order valence-electron chi connectivity index (χ2n) is 3.66. The van der Waals surface area contributed by atoms with E-state index in [1.165, 1.54) is 12.5 Å². The van der Waals surface area contributed by atoms with E-state index in [4.69, 9.17) is 4.74 Å². The number of carbonyl (C=O) groups is 1.